The minimum Gasteiger partial charge on any atom is -0.352 e. The molecule has 0 unspecified atom stereocenters. The minimum atomic E-state index is 0.0428. The van der Waals surface area contributed by atoms with Gasteiger partial charge >= 0.3 is 0 Å². The molecule has 1 aliphatic heterocycles. The number of rotatable bonds is 2. The predicted molar refractivity (Wildman–Crippen MR) is 103 cm³/mol. The van der Waals surface area contributed by atoms with Gasteiger partial charge in [0.05, 0.1) is 16.9 Å². The van der Waals surface area contributed by atoms with Gasteiger partial charge in [-0.15, -0.1) is 5.10 Å². The van der Waals surface area contributed by atoms with Crippen molar-refractivity contribution in [2.45, 2.75) is 26.2 Å². The molecule has 0 aliphatic carbocycles. The van der Waals surface area contributed by atoms with Crippen LogP contribution in [0.25, 0.3) is 4.96 Å². The molecule has 132 valence electrons. The van der Waals surface area contributed by atoms with Crippen molar-refractivity contribution in [1.29, 1.82) is 0 Å². The van der Waals surface area contributed by atoms with Gasteiger partial charge in [-0.1, -0.05) is 43.7 Å². The van der Waals surface area contributed by atoms with Crippen LogP contribution in [0.15, 0.2) is 24.5 Å². The van der Waals surface area contributed by atoms with Gasteiger partial charge in [-0.3, -0.25) is 0 Å². The lowest BCUT2D eigenvalue weighted by Crippen LogP contribution is -2.47. The fourth-order valence-electron chi connectivity index (χ4n) is 2.90. The molecule has 0 N–H and O–H groups in total. The van der Waals surface area contributed by atoms with Gasteiger partial charge in [-0.25, -0.2) is 14.5 Å². The number of imidazole rings is 1. The molecular formula is C17H21ClN6S. The van der Waals surface area contributed by atoms with E-state index in [1.165, 1.54) is 0 Å². The second-order valence-electron chi connectivity index (χ2n) is 7.27. The molecule has 0 saturated carbocycles. The lowest BCUT2D eigenvalue weighted by Gasteiger charge is -2.35. The molecule has 8 heteroatoms. The van der Waals surface area contributed by atoms with Crippen LogP contribution in [0.1, 0.15) is 26.5 Å². The first-order chi connectivity index (χ1) is 11.9. The number of anilines is 2. The van der Waals surface area contributed by atoms with Gasteiger partial charge in [0.15, 0.2) is 0 Å². The van der Waals surface area contributed by atoms with E-state index in [-0.39, 0.29) is 5.41 Å². The maximum atomic E-state index is 6.26. The molecule has 1 fully saturated rings. The van der Waals surface area contributed by atoms with Crippen molar-refractivity contribution in [3.05, 3.63) is 35.2 Å². The highest BCUT2D eigenvalue weighted by molar-refractivity contribution is 7.20. The molecule has 3 aromatic heterocycles. The molecule has 0 spiro atoms. The first kappa shape index (κ1) is 16.6. The number of hydrogen-bond acceptors (Lipinski definition) is 6. The molecule has 0 atom stereocenters. The van der Waals surface area contributed by atoms with Crippen LogP contribution < -0.4 is 9.80 Å². The van der Waals surface area contributed by atoms with Crippen LogP contribution in [0, 0.1) is 0 Å². The average Bonchev–Trinajstić information content (AvgIpc) is 3.14. The zero-order valence-corrected chi connectivity index (χ0v) is 16.2. The quantitative estimate of drug-likeness (QED) is 0.685. The fourth-order valence-corrected chi connectivity index (χ4v) is 4.07. The predicted octanol–water partition coefficient (Wildman–Crippen LogP) is 3.46. The van der Waals surface area contributed by atoms with E-state index >= 15 is 0 Å². The molecule has 6 nitrogen and oxygen atoms in total. The highest BCUT2D eigenvalue weighted by atomic mass is 35.5. The van der Waals surface area contributed by atoms with E-state index < -0.39 is 0 Å². The Kier molecular flexibility index (Phi) is 4.08. The Morgan fingerprint density at radius 2 is 1.84 bits per heavy atom. The van der Waals surface area contributed by atoms with Gasteiger partial charge in [0.1, 0.15) is 5.82 Å². The Morgan fingerprint density at radius 1 is 1.12 bits per heavy atom. The average molecular weight is 377 g/mol. The highest BCUT2D eigenvalue weighted by Crippen LogP contribution is 2.29. The summed E-state index contributed by atoms with van der Waals surface area (Å²) in [6, 6.07) is 3.75. The first-order valence-corrected chi connectivity index (χ1v) is 9.58. The Balaban J connectivity index is 1.48. The number of fused-ring (bicyclic) bond motifs is 1. The van der Waals surface area contributed by atoms with Gasteiger partial charge in [0.25, 0.3) is 0 Å². The van der Waals surface area contributed by atoms with E-state index in [9.17, 15) is 0 Å². The summed E-state index contributed by atoms with van der Waals surface area (Å²) in [5.74, 6) is 0.868. The lowest BCUT2D eigenvalue weighted by molar-refractivity contribution is 0.572. The standard InChI is InChI=1S/C17H21ClN6S/c1-17(2,3)13-11-24-15(20-13)25-16(21-24)23-9-7-22(8-10-23)14-12(18)5-4-6-19-14/h4-6,11H,7-10H2,1-3H3. The summed E-state index contributed by atoms with van der Waals surface area (Å²) in [5.41, 5.74) is 1.12. The second kappa shape index (κ2) is 6.14. The Bertz CT molecular complexity index is 857. The molecule has 25 heavy (non-hydrogen) atoms. The van der Waals surface area contributed by atoms with Crippen molar-refractivity contribution in [3.8, 4) is 0 Å². The van der Waals surface area contributed by atoms with Crippen LogP contribution in [-0.4, -0.2) is 45.8 Å². The third-order valence-electron chi connectivity index (χ3n) is 4.39. The van der Waals surface area contributed by atoms with E-state index in [1.54, 1.807) is 17.5 Å². The summed E-state index contributed by atoms with van der Waals surface area (Å²) >= 11 is 7.91. The minimum absolute atomic E-state index is 0.0428. The molecule has 0 bridgehead atoms. The van der Waals surface area contributed by atoms with Crippen molar-refractivity contribution in [2.75, 3.05) is 36.0 Å². The van der Waals surface area contributed by atoms with E-state index in [1.807, 2.05) is 22.8 Å². The van der Waals surface area contributed by atoms with E-state index in [0.29, 0.717) is 5.02 Å². The lowest BCUT2D eigenvalue weighted by atomic mass is 9.93. The number of halogens is 1. The zero-order valence-electron chi connectivity index (χ0n) is 14.6. The van der Waals surface area contributed by atoms with Crippen molar-refractivity contribution >= 4 is 38.8 Å². The monoisotopic (exact) mass is 376 g/mol. The number of nitrogens with zero attached hydrogens (tertiary/aromatic N) is 6. The van der Waals surface area contributed by atoms with Gasteiger partial charge in [-0.05, 0) is 12.1 Å². The van der Waals surface area contributed by atoms with Crippen molar-refractivity contribution in [2.24, 2.45) is 0 Å². The van der Waals surface area contributed by atoms with Crippen LogP contribution in [-0.2, 0) is 5.41 Å². The topological polar surface area (TPSA) is 49.6 Å². The van der Waals surface area contributed by atoms with Crippen LogP contribution >= 0.6 is 22.9 Å². The zero-order chi connectivity index (χ0) is 17.6. The van der Waals surface area contributed by atoms with Gasteiger partial charge in [0.2, 0.25) is 10.1 Å². The fraction of sp³-hybridized carbons (Fsp3) is 0.471. The smallest absolute Gasteiger partial charge is 0.214 e. The second-order valence-corrected chi connectivity index (χ2v) is 8.61. The van der Waals surface area contributed by atoms with Crippen LogP contribution in [0.4, 0.5) is 10.9 Å². The molecule has 1 saturated heterocycles. The summed E-state index contributed by atoms with van der Waals surface area (Å²) < 4.78 is 1.91. The Labute approximate surface area is 156 Å². The number of aromatic nitrogens is 4. The third-order valence-corrected chi connectivity index (χ3v) is 5.67. The third kappa shape index (κ3) is 3.18. The molecular weight excluding hydrogens is 356 g/mol. The van der Waals surface area contributed by atoms with Crippen molar-refractivity contribution < 1.29 is 0 Å². The van der Waals surface area contributed by atoms with Crippen LogP contribution in [0.3, 0.4) is 0 Å². The van der Waals surface area contributed by atoms with Gasteiger partial charge in [0, 0.05) is 37.8 Å². The van der Waals surface area contributed by atoms with Crippen LogP contribution in [0.2, 0.25) is 5.02 Å². The molecule has 3 aromatic rings. The molecule has 4 heterocycles. The maximum absolute atomic E-state index is 6.26. The summed E-state index contributed by atoms with van der Waals surface area (Å²) in [6.45, 7) is 10.1. The molecule has 0 radical (unpaired) electrons. The number of hydrogen-bond donors (Lipinski definition) is 0. The summed E-state index contributed by atoms with van der Waals surface area (Å²) in [4.78, 5) is 14.6. The maximum Gasteiger partial charge on any atom is 0.214 e. The Hall–Kier alpha value is -1.86. The number of pyridine rings is 1. The van der Waals surface area contributed by atoms with Gasteiger partial charge in [-0.2, -0.15) is 0 Å². The van der Waals surface area contributed by atoms with E-state index in [2.05, 4.69) is 35.6 Å². The highest BCUT2D eigenvalue weighted by Gasteiger charge is 2.24. The van der Waals surface area contributed by atoms with Gasteiger partial charge < -0.3 is 9.80 Å². The molecule has 4 rings (SSSR count). The normalized spacial score (nSPS) is 16.0. The molecule has 0 amide bonds. The SMILES string of the molecule is CC(C)(C)c1cn2nc(N3CCN(c4ncccc4Cl)CC3)sc2n1. The summed E-state index contributed by atoms with van der Waals surface area (Å²) in [6.07, 6.45) is 3.83. The summed E-state index contributed by atoms with van der Waals surface area (Å²) in [7, 11) is 0. The molecule has 0 aromatic carbocycles. The summed E-state index contributed by atoms with van der Waals surface area (Å²) in [5, 5.41) is 6.45. The first-order valence-electron chi connectivity index (χ1n) is 8.39. The van der Waals surface area contributed by atoms with Crippen molar-refractivity contribution in [1.82, 2.24) is 19.6 Å². The van der Waals surface area contributed by atoms with E-state index in [4.69, 9.17) is 21.7 Å². The molecule has 1 aliphatic rings. The largest absolute Gasteiger partial charge is 0.352 e. The van der Waals surface area contributed by atoms with E-state index in [0.717, 1.165) is 47.8 Å². The van der Waals surface area contributed by atoms with Crippen LogP contribution in [0.5, 0.6) is 0 Å². The number of piperazine rings is 1. The Morgan fingerprint density at radius 3 is 2.48 bits per heavy atom. The van der Waals surface area contributed by atoms with Crippen molar-refractivity contribution in [3.63, 3.8) is 0 Å².